The van der Waals surface area contributed by atoms with Gasteiger partial charge >= 0.3 is 0 Å². The monoisotopic (exact) mass is 281 g/mol. The third-order valence-electron chi connectivity index (χ3n) is 3.32. The molecule has 1 unspecified atom stereocenters. The van der Waals surface area contributed by atoms with Crippen LogP contribution in [0.25, 0.3) is 0 Å². The van der Waals surface area contributed by atoms with E-state index in [1.54, 1.807) is 11.9 Å². The molecule has 2 rings (SSSR count). The predicted molar refractivity (Wildman–Crippen MR) is 74.7 cm³/mol. The molecule has 0 saturated carbocycles. The molecule has 1 saturated heterocycles. The lowest BCUT2D eigenvalue weighted by atomic mass is 10.2. The van der Waals surface area contributed by atoms with Gasteiger partial charge in [0.2, 0.25) is 11.8 Å². The summed E-state index contributed by atoms with van der Waals surface area (Å²) in [5, 5.41) is 1.89. The van der Waals surface area contributed by atoms with E-state index in [2.05, 4.69) is 0 Å². The van der Waals surface area contributed by atoms with Gasteiger partial charge in [-0.1, -0.05) is 6.07 Å². The Morgan fingerprint density at radius 1 is 1.47 bits per heavy atom. The highest BCUT2D eigenvalue weighted by molar-refractivity contribution is 7.10. The van der Waals surface area contributed by atoms with Crippen LogP contribution in [0, 0.1) is 0 Å². The lowest BCUT2D eigenvalue weighted by Crippen LogP contribution is -2.43. The minimum absolute atomic E-state index is 0.00623. The molecule has 6 heteroatoms. The van der Waals surface area contributed by atoms with Crippen molar-refractivity contribution in [1.82, 2.24) is 9.80 Å². The molecule has 0 bridgehead atoms. The highest BCUT2D eigenvalue weighted by Gasteiger charge is 2.25. The van der Waals surface area contributed by atoms with Gasteiger partial charge < -0.3 is 15.5 Å². The van der Waals surface area contributed by atoms with Gasteiger partial charge in [-0.15, -0.1) is 11.3 Å². The Bertz CT molecular complexity index is 441. The van der Waals surface area contributed by atoms with Crippen LogP contribution >= 0.6 is 11.3 Å². The summed E-state index contributed by atoms with van der Waals surface area (Å²) in [5.41, 5.74) is 5.91. The van der Waals surface area contributed by atoms with Crippen molar-refractivity contribution in [2.45, 2.75) is 18.9 Å². The number of hydrogen-bond donors (Lipinski definition) is 1. The van der Waals surface area contributed by atoms with Crippen LogP contribution in [0.5, 0.6) is 0 Å². The maximum Gasteiger partial charge on any atom is 0.245 e. The summed E-state index contributed by atoms with van der Waals surface area (Å²) in [6.07, 6.45) is 2.11. The Hall–Kier alpha value is -1.40. The smallest absolute Gasteiger partial charge is 0.245 e. The summed E-state index contributed by atoms with van der Waals surface area (Å²) in [6, 6.07) is 3.03. The molecule has 19 heavy (non-hydrogen) atoms. The SMILES string of the molecule is CN(CC(=O)N1CCCC1)C(=O)C(N)c1cccs1. The number of likely N-dealkylation sites (N-methyl/N-ethyl adjacent to an activating group) is 1. The quantitative estimate of drug-likeness (QED) is 0.889. The summed E-state index contributed by atoms with van der Waals surface area (Å²) in [6.45, 7) is 1.72. The molecular weight excluding hydrogens is 262 g/mol. The summed E-state index contributed by atoms with van der Waals surface area (Å²) in [4.78, 5) is 28.1. The molecule has 1 fully saturated rings. The molecule has 104 valence electrons. The van der Waals surface area contributed by atoms with Crippen LogP contribution in [0.3, 0.4) is 0 Å². The molecule has 1 aliphatic rings. The number of nitrogens with two attached hydrogens (primary N) is 1. The van der Waals surface area contributed by atoms with Gasteiger partial charge in [0, 0.05) is 25.0 Å². The lowest BCUT2D eigenvalue weighted by molar-refractivity contribution is -0.139. The largest absolute Gasteiger partial charge is 0.341 e. The number of rotatable bonds is 4. The van der Waals surface area contributed by atoms with Crippen LogP contribution in [0.2, 0.25) is 0 Å². The molecule has 0 spiro atoms. The summed E-state index contributed by atoms with van der Waals surface area (Å²) in [7, 11) is 1.63. The number of likely N-dealkylation sites (tertiary alicyclic amines) is 1. The van der Waals surface area contributed by atoms with E-state index in [1.807, 2.05) is 17.5 Å². The zero-order valence-electron chi connectivity index (χ0n) is 11.0. The van der Waals surface area contributed by atoms with E-state index in [-0.39, 0.29) is 18.4 Å². The van der Waals surface area contributed by atoms with Gasteiger partial charge in [0.25, 0.3) is 0 Å². The van der Waals surface area contributed by atoms with Crippen molar-refractivity contribution in [2.75, 3.05) is 26.7 Å². The molecule has 1 aromatic heterocycles. The van der Waals surface area contributed by atoms with Crippen molar-refractivity contribution in [3.05, 3.63) is 22.4 Å². The second-order valence-electron chi connectivity index (χ2n) is 4.78. The predicted octanol–water partition coefficient (Wildman–Crippen LogP) is 0.829. The zero-order valence-corrected chi connectivity index (χ0v) is 11.9. The van der Waals surface area contributed by atoms with Gasteiger partial charge in [0.05, 0.1) is 6.54 Å². The first kappa shape index (κ1) is 14.0. The van der Waals surface area contributed by atoms with Gasteiger partial charge in [0.1, 0.15) is 6.04 Å². The van der Waals surface area contributed by atoms with Crippen LogP contribution in [0.15, 0.2) is 17.5 Å². The van der Waals surface area contributed by atoms with E-state index < -0.39 is 6.04 Å². The molecule has 0 radical (unpaired) electrons. The van der Waals surface area contributed by atoms with Crippen LogP contribution in [0.1, 0.15) is 23.8 Å². The molecule has 1 aliphatic heterocycles. The normalized spacial score (nSPS) is 16.4. The first-order chi connectivity index (χ1) is 9.09. The van der Waals surface area contributed by atoms with Gasteiger partial charge in [0.15, 0.2) is 0 Å². The van der Waals surface area contributed by atoms with E-state index in [0.717, 1.165) is 30.8 Å². The first-order valence-corrected chi connectivity index (χ1v) is 7.29. The Morgan fingerprint density at radius 2 is 2.16 bits per heavy atom. The van der Waals surface area contributed by atoms with Crippen LogP contribution in [-0.2, 0) is 9.59 Å². The maximum absolute atomic E-state index is 12.1. The van der Waals surface area contributed by atoms with Crippen molar-refractivity contribution in [3.63, 3.8) is 0 Å². The minimum atomic E-state index is -0.670. The fraction of sp³-hybridized carbons (Fsp3) is 0.538. The fourth-order valence-electron chi connectivity index (χ4n) is 2.17. The van der Waals surface area contributed by atoms with Crippen molar-refractivity contribution in [2.24, 2.45) is 5.73 Å². The molecule has 1 aromatic rings. The average Bonchev–Trinajstić information content (AvgIpc) is 3.08. The Labute approximate surface area is 117 Å². The second kappa shape index (κ2) is 6.16. The van der Waals surface area contributed by atoms with Crippen molar-refractivity contribution in [1.29, 1.82) is 0 Å². The molecule has 5 nitrogen and oxygen atoms in total. The highest BCUT2D eigenvalue weighted by atomic mass is 32.1. The summed E-state index contributed by atoms with van der Waals surface area (Å²) in [5.74, 6) is -0.207. The Balaban J connectivity index is 1.90. The fourth-order valence-corrected chi connectivity index (χ4v) is 2.89. The van der Waals surface area contributed by atoms with Gasteiger partial charge in [-0.05, 0) is 24.3 Å². The van der Waals surface area contributed by atoms with E-state index in [4.69, 9.17) is 5.73 Å². The topological polar surface area (TPSA) is 66.6 Å². The summed E-state index contributed by atoms with van der Waals surface area (Å²) >= 11 is 1.45. The van der Waals surface area contributed by atoms with E-state index in [0.29, 0.717) is 0 Å². The highest BCUT2D eigenvalue weighted by Crippen LogP contribution is 2.18. The van der Waals surface area contributed by atoms with Crippen molar-refractivity contribution >= 4 is 23.2 Å². The van der Waals surface area contributed by atoms with E-state index >= 15 is 0 Å². The number of nitrogens with zero attached hydrogens (tertiary/aromatic N) is 2. The number of thiophene rings is 1. The van der Waals surface area contributed by atoms with E-state index in [9.17, 15) is 9.59 Å². The van der Waals surface area contributed by atoms with E-state index in [1.165, 1.54) is 16.2 Å². The van der Waals surface area contributed by atoms with Gasteiger partial charge in [-0.3, -0.25) is 9.59 Å². The molecule has 2 amide bonds. The van der Waals surface area contributed by atoms with Crippen LogP contribution in [0.4, 0.5) is 0 Å². The van der Waals surface area contributed by atoms with Gasteiger partial charge in [-0.25, -0.2) is 0 Å². The average molecular weight is 281 g/mol. The lowest BCUT2D eigenvalue weighted by Gasteiger charge is -2.23. The van der Waals surface area contributed by atoms with Crippen LogP contribution in [-0.4, -0.2) is 48.3 Å². The minimum Gasteiger partial charge on any atom is -0.341 e. The maximum atomic E-state index is 12.1. The van der Waals surface area contributed by atoms with Crippen molar-refractivity contribution < 1.29 is 9.59 Å². The molecule has 1 atom stereocenters. The molecule has 2 heterocycles. The molecular formula is C13H19N3O2S. The molecule has 0 aliphatic carbocycles. The van der Waals surface area contributed by atoms with Gasteiger partial charge in [-0.2, -0.15) is 0 Å². The van der Waals surface area contributed by atoms with Crippen LogP contribution < -0.4 is 5.73 Å². The number of carbonyl (C=O) groups is 2. The zero-order chi connectivity index (χ0) is 13.8. The number of amides is 2. The number of hydrogen-bond acceptors (Lipinski definition) is 4. The second-order valence-corrected chi connectivity index (χ2v) is 5.75. The number of carbonyl (C=O) groups excluding carboxylic acids is 2. The van der Waals surface area contributed by atoms with Crippen molar-refractivity contribution in [3.8, 4) is 0 Å². The summed E-state index contributed by atoms with van der Waals surface area (Å²) < 4.78 is 0. The Morgan fingerprint density at radius 3 is 2.74 bits per heavy atom. The third-order valence-corrected chi connectivity index (χ3v) is 4.28. The first-order valence-electron chi connectivity index (χ1n) is 6.41. The molecule has 2 N–H and O–H groups in total. The molecule has 0 aromatic carbocycles. The standard InChI is InChI=1S/C13H19N3O2S/c1-15(9-11(17)16-6-2-3-7-16)13(18)12(14)10-5-4-8-19-10/h4-5,8,12H,2-3,6-7,9,14H2,1H3. The third kappa shape index (κ3) is 3.33. The Kier molecular flexibility index (Phi) is 4.55.